The molecule has 0 aliphatic heterocycles. The Morgan fingerprint density at radius 1 is 1.41 bits per heavy atom. The number of rotatable bonds is 9. The maximum atomic E-state index is 11.3. The van der Waals surface area contributed by atoms with Crippen LogP contribution in [0.15, 0.2) is 27.7 Å². The minimum atomic E-state index is -0.613. The van der Waals surface area contributed by atoms with E-state index in [1.54, 1.807) is 0 Å². The molecule has 0 bridgehead atoms. The van der Waals surface area contributed by atoms with Crippen LogP contribution in [0, 0.1) is 10.1 Å². The lowest BCUT2D eigenvalue weighted by Crippen LogP contribution is -2.32. The number of allylic oxidation sites excluding steroid dienone is 1. The molecular formula is C14H20N4O4. The van der Waals surface area contributed by atoms with E-state index in [0.717, 1.165) is 25.7 Å². The summed E-state index contributed by atoms with van der Waals surface area (Å²) >= 11 is 0. The van der Waals surface area contributed by atoms with Crippen molar-refractivity contribution in [1.82, 2.24) is 10.7 Å². The van der Waals surface area contributed by atoms with E-state index in [1.807, 2.05) is 0 Å². The van der Waals surface area contributed by atoms with Gasteiger partial charge in [0.15, 0.2) is 0 Å². The predicted molar refractivity (Wildman–Crippen MR) is 83.6 cm³/mol. The van der Waals surface area contributed by atoms with Gasteiger partial charge in [-0.05, 0) is 24.6 Å². The maximum Gasteiger partial charge on any atom is 0.433 e. The number of carbonyl (C=O) groups is 1. The average molecular weight is 308 g/mol. The van der Waals surface area contributed by atoms with Crippen molar-refractivity contribution in [2.45, 2.75) is 32.6 Å². The normalized spacial score (nSPS) is 11.1. The Morgan fingerprint density at radius 3 is 2.91 bits per heavy atom. The van der Waals surface area contributed by atoms with E-state index in [4.69, 9.17) is 4.42 Å². The van der Waals surface area contributed by atoms with Crippen LogP contribution in [-0.4, -0.2) is 23.7 Å². The van der Waals surface area contributed by atoms with E-state index in [2.05, 4.69) is 22.8 Å². The van der Waals surface area contributed by atoms with Gasteiger partial charge in [-0.15, -0.1) is 0 Å². The quantitative estimate of drug-likeness (QED) is 0.316. The summed E-state index contributed by atoms with van der Waals surface area (Å²) in [4.78, 5) is 21.1. The summed E-state index contributed by atoms with van der Waals surface area (Å²) in [6.45, 7) is 2.75. The smallest absolute Gasteiger partial charge is 0.401 e. The van der Waals surface area contributed by atoms with Gasteiger partial charge in [-0.3, -0.25) is 10.1 Å². The highest BCUT2D eigenvalue weighted by Gasteiger charge is 2.09. The summed E-state index contributed by atoms with van der Waals surface area (Å²) in [6.07, 6.45) is 8.72. The number of hydrogen-bond acceptors (Lipinski definition) is 5. The number of nitrogens with one attached hydrogen (secondary N) is 2. The average Bonchev–Trinajstić information content (AvgIpc) is 2.96. The fraction of sp³-hybridized carbons (Fsp3) is 0.429. The molecule has 2 N–H and O–H groups in total. The highest BCUT2D eigenvalue weighted by molar-refractivity contribution is 5.80. The SMILES string of the molecule is CCCCCCNC(=O)N/N=C/C=C/c1ccc([N+](=O)[O-])o1. The zero-order valence-electron chi connectivity index (χ0n) is 12.4. The summed E-state index contributed by atoms with van der Waals surface area (Å²) in [5, 5.41) is 16.8. The van der Waals surface area contributed by atoms with Gasteiger partial charge in [0.1, 0.15) is 10.7 Å². The fourth-order valence-corrected chi connectivity index (χ4v) is 1.60. The molecule has 22 heavy (non-hydrogen) atoms. The number of furan rings is 1. The molecule has 1 heterocycles. The summed E-state index contributed by atoms with van der Waals surface area (Å²) in [5.74, 6) is 0.00990. The maximum absolute atomic E-state index is 11.3. The molecule has 0 aliphatic rings. The first-order valence-corrected chi connectivity index (χ1v) is 7.11. The Labute approximate surface area is 128 Å². The van der Waals surface area contributed by atoms with Crippen molar-refractivity contribution in [2.75, 3.05) is 6.54 Å². The molecule has 0 spiro atoms. The van der Waals surface area contributed by atoms with Crippen LogP contribution in [0.4, 0.5) is 10.7 Å². The van der Waals surface area contributed by atoms with Gasteiger partial charge in [-0.25, -0.2) is 10.2 Å². The number of nitrogens with zero attached hydrogens (tertiary/aromatic N) is 2. The zero-order valence-corrected chi connectivity index (χ0v) is 12.4. The number of hydrazone groups is 1. The first-order valence-electron chi connectivity index (χ1n) is 7.11. The van der Waals surface area contributed by atoms with Crippen LogP contribution in [0.25, 0.3) is 6.08 Å². The van der Waals surface area contributed by atoms with Crippen LogP contribution in [0.1, 0.15) is 38.4 Å². The molecule has 0 unspecified atom stereocenters. The van der Waals surface area contributed by atoms with Crippen LogP contribution in [0.5, 0.6) is 0 Å². The standard InChI is InChI=1S/C14H20N4O4/c1-2-3-4-5-10-15-14(19)17-16-11-6-7-12-8-9-13(22-12)18(20)21/h6-9,11H,2-5,10H2,1H3,(H2,15,17,19)/b7-6+,16-11+. The zero-order chi connectivity index (χ0) is 16.2. The van der Waals surface area contributed by atoms with E-state index in [9.17, 15) is 14.9 Å². The molecule has 0 fully saturated rings. The van der Waals surface area contributed by atoms with Crippen molar-refractivity contribution < 1.29 is 14.1 Å². The third-order valence-electron chi connectivity index (χ3n) is 2.70. The molecule has 2 amide bonds. The number of urea groups is 1. The van der Waals surface area contributed by atoms with Gasteiger partial charge in [0.25, 0.3) is 0 Å². The Bertz CT molecular complexity index is 537. The van der Waals surface area contributed by atoms with Gasteiger partial charge in [0.2, 0.25) is 0 Å². The molecule has 120 valence electrons. The predicted octanol–water partition coefficient (Wildman–Crippen LogP) is 3.07. The molecule has 0 atom stereocenters. The molecule has 1 rings (SSSR count). The summed E-state index contributed by atoms with van der Waals surface area (Å²) < 4.78 is 4.91. The fourth-order valence-electron chi connectivity index (χ4n) is 1.60. The molecule has 1 aromatic heterocycles. The minimum Gasteiger partial charge on any atom is -0.401 e. The third-order valence-corrected chi connectivity index (χ3v) is 2.70. The summed E-state index contributed by atoms with van der Waals surface area (Å²) in [6, 6.07) is 2.37. The number of nitro groups is 1. The van der Waals surface area contributed by atoms with Crippen LogP contribution in [0.3, 0.4) is 0 Å². The van der Waals surface area contributed by atoms with Crippen molar-refractivity contribution in [3.8, 4) is 0 Å². The lowest BCUT2D eigenvalue weighted by molar-refractivity contribution is -0.402. The molecule has 0 aromatic carbocycles. The van der Waals surface area contributed by atoms with E-state index in [-0.39, 0.29) is 11.9 Å². The van der Waals surface area contributed by atoms with Crippen molar-refractivity contribution in [2.24, 2.45) is 5.10 Å². The second-order valence-electron chi connectivity index (χ2n) is 4.50. The van der Waals surface area contributed by atoms with E-state index >= 15 is 0 Å². The molecule has 8 nitrogen and oxygen atoms in total. The van der Waals surface area contributed by atoms with E-state index in [0.29, 0.717) is 12.3 Å². The van der Waals surface area contributed by atoms with Gasteiger partial charge in [-0.1, -0.05) is 26.2 Å². The third kappa shape index (κ3) is 7.22. The summed E-state index contributed by atoms with van der Waals surface area (Å²) in [5.41, 5.74) is 2.31. The summed E-state index contributed by atoms with van der Waals surface area (Å²) in [7, 11) is 0. The van der Waals surface area contributed by atoms with Crippen LogP contribution >= 0.6 is 0 Å². The molecule has 0 saturated heterocycles. The molecular weight excluding hydrogens is 288 g/mol. The second-order valence-corrected chi connectivity index (χ2v) is 4.50. The van der Waals surface area contributed by atoms with Crippen molar-refractivity contribution in [3.63, 3.8) is 0 Å². The highest BCUT2D eigenvalue weighted by atomic mass is 16.6. The first-order chi connectivity index (χ1) is 10.6. The number of amides is 2. The van der Waals surface area contributed by atoms with Crippen LogP contribution in [0.2, 0.25) is 0 Å². The largest absolute Gasteiger partial charge is 0.433 e. The number of hydrogen-bond donors (Lipinski definition) is 2. The van der Waals surface area contributed by atoms with Gasteiger partial charge in [0.05, 0.1) is 6.07 Å². The monoisotopic (exact) mass is 308 g/mol. The molecule has 0 radical (unpaired) electrons. The van der Waals surface area contributed by atoms with Crippen LogP contribution < -0.4 is 10.7 Å². The Hall–Kier alpha value is -2.64. The Balaban J connectivity index is 2.20. The topological polar surface area (TPSA) is 110 Å². The van der Waals surface area contributed by atoms with Crippen molar-refractivity contribution in [1.29, 1.82) is 0 Å². The lowest BCUT2D eigenvalue weighted by atomic mass is 10.2. The second kappa shape index (κ2) is 10.1. The van der Waals surface area contributed by atoms with Crippen molar-refractivity contribution in [3.05, 3.63) is 34.1 Å². The van der Waals surface area contributed by atoms with Gasteiger partial charge in [0, 0.05) is 12.8 Å². The minimum absolute atomic E-state index is 0.322. The van der Waals surface area contributed by atoms with Crippen molar-refractivity contribution >= 4 is 24.2 Å². The first kappa shape index (κ1) is 17.4. The Morgan fingerprint density at radius 2 is 2.23 bits per heavy atom. The van der Waals surface area contributed by atoms with Gasteiger partial charge in [-0.2, -0.15) is 5.10 Å². The van der Waals surface area contributed by atoms with Gasteiger partial charge < -0.3 is 9.73 Å². The Kier molecular flexibility index (Phi) is 8.02. The molecule has 0 aliphatic carbocycles. The molecule has 1 aromatic rings. The molecule has 8 heteroatoms. The lowest BCUT2D eigenvalue weighted by Gasteiger charge is -2.02. The van der Waals surface area contributed by atoms with Crippen LogP contribution in [-0.2, 0) is 0 Å². The number of carbonyl (C=O) groups excluding carboxylic acids is 1. The highest BCUT2D eigenvalue weighted by Crippen LogP contribution is 2.16. The van der Waals surface area contributed by atoms with Gasteiger partial charge >= 0.3 is 11.9 Å². The number of unbranched alkanes of at least 4 members (excludes halogenated alkanes) is 3. The van der Waals surface area contributed by atoms with E-state index < -0.39 is 4.92 Å². The molecule has 0 saturated carbocycles. The van der Waals surface area contributed by atoms with E-state index in [1.165, 1.54) is 30.5 Å².